The highest BCUT2D eigenvalue weighted by molar-refractivity contribution is 6.13. The Morgan fingerprint density at radius 1 is 1.14 bits per heavy atom. The number of rotatable bonds is 3. The van der Waals surface area contributed by atoms with Crippen LogP contribution in [0.15, 0.2) is 36.0 Å². The molecule has 2 heterocycles. The lowest BCUT2D eigenvalue weighted by atomic mass is 10.2. The standard InChI is InChI=1S/C15H17N3O3/c19-14-13(10-12-4-2-1-3-5-12)16-15(20)18(14)11-17-6-8-21-9-7-17/h1-5,10H,6-9,11H2,(H,16,20)/b13-10-. The first kappa shape index (κ1) is 13.8. The van der Waals surface area contributed by atoms with Crippen LogP contribution in [0.25, 0.3) is 6.08 Å². The molecule has 2 fully saturated rings. The number of nitrogens with zero attached hydrogens (tertiary/aromatic N) is 2. The Morgan fingerprint density at radius 3 is 2.57 bits per heavy atom. The Kier molecular flexibility index (Phi) is 3.98. The molecule has 0 radical (unpaired) electrons. The summed E-state index contributed by atoms with van der Waals surface area (Å²) in [7, 11) is 0. The molecule has 3 amide bonds. The van der Waals surface area contributed by atoms with Gasteiger partial charge in [-0.1, -0.05) is 30.3 Å². The van der Waals surface area contributed by atoms with Crippen LogP contribution in [0, 0.1) is 0 Å². The van der Waals surface area contributed by atoms with Crippen LogP contribution >= 0.6 is 0 Å². The van der Waals surface area contributed by atoms with Crippen LogP contribution in [-0.4, -0.2) is 54.7 Å². The third-order valence-corrected chi connectivity index (χ3v) is 3.52. The van der Waals surface area contributed by atoms with Gasteiger partial charge in [-0.25, -0.2) is 9.69 Å². The summed E-state index contributed by atoms with van der Waals surface area (Å²) < 4.78 is 5.26. The van der Waals surface area contributed by atoms with Gasteiger partial charge in [0.1, 0.15) is 5.70 Å². The zero-order valence-electron chi connectivity index (χ0n) is 11.6. The summed E-state index contributed by atoms with van der Waals surface area (Å²) in [6.07, 6.45) is 1.69. The van der Waals surface area contributed by atoms with Crippen molar-refractivity contribution < 1.29 is 14.3 Å². The van der Waals surface area contributed by atoms with E-state index >= 15 is 0 Å². The number of hydrogen-bond acceptors (Lipinski definition) is 4. The van der Waals surface area contributed by atoms with E-state index in [-0.39, 0.29) is 11.9 Å². The van der Waals surface area contributed by atoms with Gasteiger partial charge in [0, 0.05) is 13.1 Å². The molecule has 1 N–H and O–H groups in total. The quantitative estimate of drug-likeness (QED) is 0.662. The topological polar surface area (TPSA) is 61.9 Å². The molecule has 0 bridgehead atoms. The number of nitrogens with one attached hydrogen (secondary N) is 1. The van der Waals surface area contributed by atoms with Crippen LogP contribution in [-0.2, 0) is 9.53 Å². The minimum absolute atomic E-state index is 0.282. The lowest BCUT2D eigenvalue weighted by Crippen LogP contribution is -2.46. The van der Waals surface area contributed by atoms with Crippen molar-refractivity contribution in [1.82, 2.24) is 15.1 Å². The summed E-state index contributed by atoms with van der Waals surface area (Å²) in [5.74, 6) is -0.282. The maximum Gasteiger partial charge on any atom is 0.330 e. The number of ether oxygens (including phenoxy) is 1. The largest absolute Gasteiger partial charge is 0.379 e. The first-order valence-corrected chi connectivity index (χ1v) is 6.94. The molecule has 110 valence electrons. The fourth-order valence-electron chi connectivity index (χ4n) is 2.36. The smallest absolute Gasteiger partial charge is 0.330 e. The van der Waals surface area contributed by atoms with Crippen LogP contribution < -0.4 is 5.32 Å². The molecule has 2 aliphatic heterocycles. The summed E-state index contributed by atoms with van der Waals surface area (Å²) in [5, 5.41) is 2.63. The molecular formula is C15H17N3O3. The average Bonchev–Trinajstić information content (AvgIpc) is 2.77. The van der Waals surface area contributed by atoms with Crippen LogP contribution in [0.1, 0.15) is 5.56 Å². The van der Waals surface area contributed by atoms with Gasteiger partial charge < -0.3 is 10.1 Å². The van der Waals surface area contributed by atoms with Crippen molar-refractivity contribution in [3.63, 3.8) is 0 Å². The molecule has 0 unspecified atom stereocenters. The predicted octanol–water partition coefficient (Wildman–Crippen LogP) is 0.869. The van der Waals surface area contributed by atoms with Gasteiger partial charge >= 0.3 is 6.03 Å². The van der Waals surface area contributed by atoms with Gasteiger partial charge in [0.05, 0.1) is 19.9 Å². The van der Waals surface area contributed by atoms with Gasteiger partial charge in [-0.2, -0.15) is 0 Å². The number of hydrogen-bond donors (Lipinski definition) is 1. The molecule has 0 spiro atoms. The summed E-state index contributed by atoms with van der Waals surface area (Å²) in [5.41, 5.74) is 1.20. The molecule has 0 aliphatic carbocycles. The van der Waals surface area contributed by atoms with Gasteiger partial charge in [0.25, 0.3) is 5.91 Å². The fraction of sp³-hybridized carbons (Fsp3) is 0.333. The zero-order chi connectivity index (χ0) is 14.7. The van der Waals surface area contributed by atoms with Crippen molar-refractivity contribution in [2.45, 2.75) is 0 Å². The van der Waals surface area contributed by atoms with E-state index in [4.69, 9.17) is 4.74 Å². The first-order chi connectivity index (χ1) is 10.2. The molecule has 3 rings (SSSR count). The maximum absolute atomic E-state index is 12.3. The fourth-order valence-corrected chi connectivity index (χ4v) is 2.36. The predicted molar refractivity (Wildman–Crippen MR) is 77.1 cm³/mol. The molecule has 0 atom stereocenters. The van der Waals surface area contributed by atoms with Gasteiger partial charge in [-0.05, 0) is 11.6 Å². The van der Waals surface area contributed by atoms with Gasteiger partial charge in [-0.15, -0.1) is 0 Å². The molecule has 21 heavy (non-hydrogen) atoms. The monoisotopic (exact) mass is 287 g/mol. The first-order valence-electron chi connectivity index (χ1n) is 6.94. The Bertz CT molecular complexity index is 565. The van der Waals surface area contributed by atoms with E-state index in [9.17, 15) is 9.59 Å². The van der Waals surface area contributed by atoms with Crippen molar-refractivity contribution in [3.8, 4) is 0 Å². The molecular weight excluding hydrogens is 270 g/mol. The highest BCUT2D eigenvalue weighted by Gasteiger charge is 2.34. The van der Waals surface area contributed by atoms with Gasteiger partial charge in [-0.3, -0.25) is 9.69 Å². The minimum Gasteiger partial charge on any atom is -0.379 e. The number of carbonyl (C=O) groups is 2. The number of morpholine rings is 1. The lowest BCUT2D eigenvalue weighted by Gasteiger charge is -2.29. The number of imide groups is 1. The minimum atomic E-state index is -0.367. The third kappa shape index (κ3) is 3.12. The van der Waals surface area contributed by atoms with Crippen molar-refractivity contribution in [2.75, 3.05) is 33.0 Å². The van der Waals surface area contributed by atoms with E-state index in [1.807, 2.05) is 35.2 Å². The lowest BCUT2D eigenvalue weighted by molar-refractivity contribution is -0.125. The Balaban J connectivity index is 1.71. The third-order valence-electron chi connectivity index (χ3n) is 3.52. The highest BCUT2D eigenvalue weighted by Crippen LogP contribution is 2.14. The van der Waals surface area contributed by atoms with Crippen LogP contribution in [0.3, 0.4) is 0 Å². The van der Waals surface area contributed by atoms with Crippen molar-refractivity contribution in [3.05, 3.63) is 41.6 Å². The van der Waals surface area contributed by atoms with E-state index in [1.165, 1.54) is 4.90 Å². The zero-order valence-corrected chi connectivity index (χ0v) is 11.6. The number of benzene rings is 1. The molecule has 1 aromatic carbocycles. The van der Waals surface area contributed by atoms with Crippen LogP contribution in [0.4, 0.5) is 4.79 Å². The molecule has 2 saturated heterocycles. The van der Waals surface area contributed by atoms with E-state index in [0.29, 0.717) is 25.6 Å². The van der Waals surface area contributed by atoms with Gasteiger partial charge in [0.15, 0.2) is 0 Å². The number of carbonyl (C=O) groups excluding carboxylic acids is 2. The van der Waals surface area contributed by atoms with Gasteiger partial charge in [0.2, 0.25) is 0 Å². The van der Waals surface area contributed by atoms with E-state index in [2.05, 4.69) is 5.32 Å². The second kappa shape index (κ2) is 6.07. The average molecular weight is 287 g/mol. The second-order valence-corrected chi connectivity index (χ2v) is 5.00. The molecule has 6 nitrogen and oxygen atoms in total. The summed E-state index contributed by atoms with van der Waals surface area (Å²) in [6.45, 7) is 3.04. The number of amides is 3. The van der Waals surface area contributed by atoms with Crippen molar-refractivity contribution in [2.24, 2.45) is 0 Å². The summed E-state index contributed by atoms with van der Waals surface area (Å²) in [4.78, 5) is 27.5. The van der Waals surface area contributed by atoms with E-state index < -0.39 is 0 Å². The Hall–Kier alpha value is -2.18. The SMILES string of the molecule is O=C1N/C(=C\c2ccccc2)C(=O)N1CN1CCOCC1. The summed E-state index contributed by atoms with van der Waals surface area (Å²) in [6, 6.07) is 9.09. The molecule has 6 heteroatoms. The Labute approximate surface area is 123 Å². The van der Waals surface area contributed by atoms with Crippen molar-refractivity contribution in [1.29, 1.82) is 0 Å². The van der Waals surface area contributed by atoms with Crippen LogP contribution in [0.5, 0.6) is 0 Å². The van der Waals surface area contributed by atoms with E-state index in [1.54, 1.807) is 6.08 Å². The normalized spacial score (nSPS) is 21.9. The highest BCUT2D eigenvalue weighted by atomic mass is 16.5. The molecule has 2 aliphatic rings. The maximum atomic E-state index is 12.3. The molecule has 1 aromatic rings. The summed E-state index contributed by atoms with van der Waals surface area (Å²) >= 11 is 0. The van der Waals surface area contributed by atoms with E-state index in [0.717, 1.165) is 18.7 Å². The number of urea groups is 1. The van der Waals surface area contributed by atoms with Crippen LogP contribution in [0.2, 0.25) is 0 Å². The van der Waals surface area contributed by atoms with Crippen molar-refractivity contribution >= 4 is 18.0 Å². The molecule has 0 saturated carbocycles. The molecule has 0 aromatic heterocycles. The second-order valence-electron chi connectivity index (χ2n) is 5.00. The Morgan fingerprint density at radius 2 is 1.86 bits per heavy atom.